The molecule has 0 aliphatic heterocycles. The molecule has 2 heteroatoms. The van der Waals surface area contributed by atoms with E-state index in [0.29, 0.717) is 23.6 Å². The second-order valence-corrected chi connectivity index (χ2v) is 5.38. The summed E-state index contributed by atoms with van der Waals surface area (Å²) in [5, 5.41) is 0.717. The maximum absolute atomic E-state index is 11.8. The van der Waals surface area contributed by atoms with Crippen LogP contribution < -0.4 is 0 Å². The molecule has 0 amide bonds. The summed E-state index contributed by atoms with van der Waals surface area (Å²) >= 11 is 6.12. The van der Waals surface area contributed by atoms with Crippen molar-refractivity contribution in [3.05, 3.63) is 34.3 Å². The molecule has 100 valence electrons. The van der Waals surface area contributed by atoms with Gasteiger partial charge in [0.15, 0.2) is 0 Å². The van der Waals surface area contributed by atoms with Crippen LogP contribution in [0.3, 0.4) is 0 Å². The molecule has 0 atom stereocenters. The average Bonchev–Trinajstić information content (AvgIpc) is 2.32. The number of unbranched alkanes of at least 4 members (excludes halogenated alkanes) is 4. The van der Waals surface area contributed by atoms with E-state index < -0.39 is 0 Å². The zero-order chi connectivity index (χ0) is 13.4. The van der Waals surface area contributed by atoms with E-state index in [9.17, 15) is 4.79 Å². The van der Waals surface area contributed by atoms with Gasteiger partial charge in [0.1, 0.15) is 5.78 Å². The summed E-state index contributed by atoms with van der Waals surface area (Å²) < 4.78 is 0. The van der Waals surface area contributed by atoms with Gasteiger partial charge in [-0.2, -0.15) is 0 Å². The second kappa shape index (κ2) is 8.31. The summed E-state index contributed by atoms with van der Waals surface area (Å²) in [6.07, 6.45) is 7.12. The number of hydrogen-bond donors (Lipinski definition) is 0. The number of carbonyl (C=O) groups excluding carboxylic acids is 1. The number of halogens is 1. The summed E-state index contributed by atoms with van der Waals surface area (Å²) in [6.45, 7) is 4.20. The summed E-state index contributed by atoms with van der Waals surface area (Å²) in [7, 11) is 0. The second-order valence-electron chi connectivity index (χ2n) is 4.97. The summed E-state index contributed by atoms with van der Waals surface area (Å²) in [6, 6.07) is 5.90. The van der Waals surface area contributed by atoms with Gasteiger partial charge in [-0.25, -0.2) is 0 Å². The number of rotatable bonds is 8. The predicted octanol–water partition coefficient (Wildman–Crippen LogP) is 5.12. The van der Waals surface area contributed by atoms with Gasteiger partial charge in [0.25, 0.3) is 0 Å². The molecule has 1 aromatic carbocycles. The minimum Gasteiger partial charge on any atom is -0.299 e. The van der Waals surface area contributed by atoms with Crippen molar-refractivity contribution in [3.8, 4) is 0 Å². The van der Waals surface area contributed by atoms with Crippen LogP contribution in [0.2, 0.25) is 5.02 Å². The van der Waals surface area contributed by atoms with Crippen LogP contribution in [0.5, 0.6) is 0 Å². The molecule has 0 radical (unpaired) electrons. The highest BCUT2D eigenvalue weighted by Gasteiger charge is 2.07. The zero-order valence-corrected chi connectivity index (χ0v) is 12.2. The standard InChI is InChI=1S/C16H23ClO/c1-3-4-5-6-7-8-15(18)12-14-10-9-13(2)11-16(14)17/h9-11H,3-8,12H2,1-2H3. The highest BCUT2D eigenvalue weighted by molar-refractivity contribution is 6.31. The van der Waals surface area contributed by atoms with E-state index in [1.165, 1.54) is 25.7 Å². The Balaban J connectivity index is 2.31. The lowest BCUT2D eigenvalue weighted by Crippen LogP contribution is -2.03. The first kappa shape index (κ1) is 15.2. The number of benzene rings is 1. The summed E-state index contributed by atoms with van der Waals surface area (Å²) in [4.78, 5) is 11.8. The van der Waals surface area contributed by atoms with Crippen molar-refractivity contribution in [2.45, 2.75) is 58.8 Å². The van der Waals surface area contributed by atoms with E-state index in [-0.39, 0.29) is 0 Å². The Morgan fingerprint density at radius 1 is 1.17 bits per heavy atom. The Morgan fingerprint density at radius 3 is 2.56 bits per heavy atom. The largest absolute Gasteiger partial charge is 0.299 e. The Kier molecular flexibility index (Phi) is 7.04. The summed E-state index contributed by atoms with van der Waals surface area (Å²) in [5.41, 5.74) is 2.09. The molecule has 0 aliphatic rings. The van der Waals surface area contributed by atoms with Crippen LogP contribution in [0.1, 0.15) is 56.6 Å². The first-order valence-electron chi connectivity index (χ1n) is 6.90. The SMILES string of the molecule is CCCCCCCC(=O)Cc1ccc(C)cc1Cl. The van der Waals surface area contributed by atoms with E-state index in [2.05, 4.69) is 6.92 Å². The topological polar surface area (TPSA) is 17.1 Å². The molecule has 0 aromatic heterocycles. The van der Waals surface area contributed by atoms with Crippen molar-refractivity contribution in [2.75, 3.05) is 0 Å². The van der Waals surface area contributed by atoms with Gasteiger partial charge >= 0.3 is 0 Å². The van der Waals surface area contributed by atoms with Crippen molar-refractivity contribution in [1.82, 2.24) is 0 Å². The van der Waals surface area contributed by atoms with Gasteiger partial charge in [-0.05, 0) is 30.5 Å². The first-order chi connectivity index (χ1) is 8.63. The fourth-order valence-corrected chi connectivity index (χ4v) is 2.32. The van der Waals surface area contributed by atoms with Crippen molar-refractivity contribution < 1.29 is 4.79 Å². The van der Waals surface area contributed by atoms with Gasteiger partial charge in [0, 0.05) is 17.9 Å². The molecule has 1 nitrogen and oxygen atoms in total. The van der Waals surface area contributed by atoms with Crippen LogP contribution in [-0.2, 0) is 11.2 Å². The van der Waals surface area contributed by atoms with Gasteiger partial charge in [0.05, 0.1) is 0 Å². The molecule has 0 N–H and O–H groups in total. The van der Waals surface area contributed by atoms with E-state index in [4.69, 9.17) is 11.6 Å². The van der Waals surface area contributed by atoms with Crippen LogP contribution in [0.4, 0.5) is 0 Å². The van der Waals surface area contributed by atoms with E-state index >= 15 is 0 Å². The molecular formula is C16H23ClO. The third-order valence-electron chi connectivity index (χ3n) is 3.16. The monoisotopic (exact) mass is 266 g/mol. The van der Waals surface area contributed by atoms with Crippen molar-refractivity contribution in [2.24, 2.45) is 0 Å². The van der Waals surface area contributed by atoms with E-state index in [0.717, 1.165) is 17.5 Å². The van der Waals surface area contributed by atoms with Gasteiger partial charge in [-0.15, -0.1) is 0 Å². The molecule has 0 saturated carbocycles. The smallest absolute Gasteiger partial charge is 0.137 e. The zero-order valence-electron chi connectivity index (χ0n) is 11.5. The quantitative estimate of drug-likeness (QED) is 0.597. The maximum atomic E-state index is 11.8. The van der Waals surface area contributed by atoms with Crippen molar-refractivity contribution in [1.29, 1.82) is 0 Å². The van der Waals surface area contributed by atoms with Crippen molar-refractivity contribution >= 4 is 17.4 Å². The van der Waals surface area contributed by atoms with Crippen LogP contribution in [0.15, 0.2) is 18.2 Å². The molecule has 0 saturated heterocycles. The molecule has 1 aromatic rings. The minimum atomic E-state index is 0.303. The van der Waals surface area contributed by atoms with E-state index in [1.54, 1.807) is 0 Å². The third-order valence-corrected chi connectivity index (χ3v) is 3.51. The number of carbonyl (C=O) groups is 1. The number of hydrogen-bond acceptors (Lipinski definition) is 1. The number of ketones is 1. The van der Waals surface area contributed by atoms with E-state index in [1.807, 2.05) is 25.1 Å². The van der Waals surface area contributed by atoms with Crippen molar-refractivity contribution in [3.63, 3.8) is 0 Å². The minimum absolute atomic E-state index is 0.303. The van der Waals surface area contributed by atoms with Crippen LogP contribution >= 0.6 is 11.6 Å². The summed E-state index contributed by atoms with van der Waals surface area (Å²) in [5.74, 6) is 0.303. The lowest BCUT2D eigenvalue weighted by atomic mass is 10.0. The molecule has 1 rings (SSSR count). The fourth-order valence-electron chi connectivity index (χ4n) is 2.02. The number of aryl methyl sites for hydroxylation is 1. The predicted molar refractivity (Wildman–Crippen MR) is 78.3 cm³/mol. The fraction of sp³-hybridized carbons (Fsp3) is 0.562. The lowest BCUT2D eigenvalue weighted by Gasteiger charge is -2.05. The molecule has 0 aliphatic carbocycles. The Hall–Kier alpha value is -0.820. The molecule has 0 heterocycles. The molecule has 18 heavy (non-hydrogen) atoms. The Labute approximate surface area is 116 Å². The van der Waals surface area contributed by atoms with Gasteiger partial charge in [-0.1, -0.05) is 56.3 Å². The Bertz CT molecular complexity index is 385. The van der Waals surface area contributed by atoms with Gasteiger partial charge < -0.3 is 0 Å². The average molecular weight is 267 g/mol. The van der Waals surface area contributed by atoms with Gasteiger partial charge in [0.2, 0.25) is 0 Å². The molecule has 0 fully saturated rings. The highest BCUT2D eigenvalue weighted by Crippen LogP contribution is 2.19. The lowest BCUT2D eigenvalue weighted by molar-refractivity contribution is -0.118. The highest BCUT2D eigenvalue weighted by atomic mass is 35.5. The first-order valence-corrected chi connectivity index (χ1v) is 7.28. The molecule has 0 bridgehead atoms. The normalized spacial score (nSPS) is 10.6. The van der Waals surface area contributed by atoms with Gasteiger partial charge in [-0.3, -0.25) is 4.79 Å². The maximum Gasteiger partial charge on any atom is 0.137 e. The van der Waals surface area contributed by atoms with Crippen LogP contribution in [-0.4, -0.2) is 5.78 Å². The Morgan fingerprint density at radius 2 is 1.89 bits per heavy atom. The number of Topliss-reactive ketones (excluding diaryl/α,β-unsaturated/α-hetero) is 1. The van der Waals surface area contributed by atoms with Crippen LogP contribution in [0, 0.1) is 6.92 Å². The molecular weight excluding hydrogens is 244 g/mol. The molecule has 0 spiro atoms. The molecule has 0 unspecified atom stereocenters. The third kappa shape index (κ3) is 5.68. The van der Waals surface area contributed by atoms with Crippen LogP contribution in [0.25, 0.3) is 0 Å².